The molecular weight excluding hydrogens is 545 g/mol. The van der Waals surface area contributed by atoms with Crippen LogP contribution in [0.2, 0.25) is 5.02 Å². The molecule has 3 rings (SSSR count). The standard InChI is InChI=1S/C27H27ClF5N3O3/c1-16(2)22(15-37)35-25(38)36-26(13-17-6-4-3-5-7-17,23-9-8-19(28)14-34-23)18-10-20(29)12-21(11-18)39-27(32,33)24(30)31/h3-12,14,16,22,24,37H,13,15H2,1-2H3,(H2,35,36,38)/t22-,26-/m0/s1. The van der Waals surface area contributed by atoms with E-state index in [1.165, 1.54) is 18.3 Å². The Morgan fingerprint density at radius 3 is 2.36 bits per heavy atom. The Labute approximate surface area is 227 Å². The fourth-order valence-corrected chi connectivity index (χ4v) is 4.05. The van der Waals surface area contributed by atoms with Crippen molar-refractivity contribution in [2.75, 3.05) is 6.61 Å². The number of urea groups is 1. The molecule has 3 N–H and O–H groups in total. The highest BCUT2D eigenvalue weighted by Crippen LogP contribution is 2.37. The van der Waals surface area contributed by atoms with Crippen molar-refractivity contribution in [2.45, 2.75) is 44.4 Å². The Balaban J connectivity index is 2.23. The van der Waals surface area contributed by atoms with Crippen LogP contribution in [-0.4, -0.2) is 41.3 Å². The van der Waals surface area contributed by atoms with Crippen LogP contribution in [-0.2, 0) is 12.0 Å². The summed E-state index contributed by atoms with van der Waals surface area (Å²) in [6, 6.07) is 12.5. The molecule has 6 nitrogen and oxygen atoms in total. The number of rotatable bonds is 11. The number of benzene rings is 2. The molecule has 0 fully saturated rings. The molecule has 0 aliphatic rings. The summed E-state index contributed by atoms with van der Waals surface area (Å²) in [5.74, 6) is -2.14. The van der Waals surface area contributed by atoms with E-state index in [0.29, 0.717) is 11.6 Å². The molecule has 0 aliphatic heterocycles. The number of carbonyl (C=O) groups is 1. The molecular formula is C27H27ClF5N3O3. The van der Waals surface area contributed by atoms with Gasteiger partial charge in [-0.3, -0.25) is 4.98 Å². The van der Waals surface area contributed by atoms with Crippen LogP contribution in [0, 0.1) is 11.7 Å². The van der Waals surface area contributed by atoms with Crippen molar-refractivity contribution in [2.24, 2.45) is 5.92 Å². The first-order valence-corrected chi connectivity index (χ1v) is 12.3. The van der Waals surface area contributed by atoms with Crippen LogP contribution >= 0.6 is 11.6 Å². The van der Waals surface area contributed by atoms with Crippen molar-refractivity contribution in [3.8, 4) is 5.75 Å². The number of carbonyl (C=O) groups excluding carboxylic acids is 1. The Morgan fingerprint density at radius 1 is 1.10 bits per heavy atom. The van der Waals surface area contributed by atoms with E-state index < -0.39 is 41.7 Å². The number of aliphatic hydroxyl groups excluding tert-OH is 1. The van der Waals surface area contributed by atoms with Gasteiger partial charge < -0.3 is 20.5 Å². The van der Waals surface area contributed by atoms with Crippen LogP contribution in [0.5, 0.6) is 5.75 Å². The van der Waals surface area contributed by atoms with Gasteiger partial charge in [0.25, 0.3) is 0 Å². The van der Waals surface area contributed by atoms with Gasteiger partial charge in [-0.25, -0.2) is 9.18 Å². The number of nitrogens with zero attached hydrogens (tertiary/aromatic N) is 1. The van der Waals surface area contributed by atoms with Gasteiger partial charge in [0, 0.05) is 18.7 Å². The minimum atomic E-state index is -4.90. The monoisotopic (exact) mass is 571 g/mol. The molecule has 2 atom stereocenters. The summed E-state index contributed by atoms with van der Waals surface area (Å²) in [5, 5.41) is 15.4. The lowest BCUT2D eigenvalue weighted by molar-refractivity contribution is -0.253. The van der Waals surface area contributed by atoms with Gasteiger partial charge in [-0.15, -0.1) is 0 Å². The second-order valence-electron chi connectivity index (χ2n) is 9.20. The van der Waals surface area contributed by atoms with Gasteiger partial charge in [0.1, 0.15) is 17.1 Å². The second kappa shape index (κ2) is 12.6. The quantitative estimate of drug-likeness (QED) is 0.250. The molecule has 1 aromatic heterocycles. The van der Waals surface area contributed by atoms with Gasteiger partial charge >= 0.3 is 18.6 Å². The van der Waals surface area contributed by atoms with E-state index in [0.717, 1.165) is 12.1 Å². The van der Waals surface area contributed by atoms with E-state index in [2.05, 4.69) is 20.4 Å². The zero-order valence-electron chi connectivity index (χ0n) is 21.0. The minimum absolute atomic E-state index is 0.0739. The lowest BCUT2D eigenvalue weighted by atomic mass is 9.80. The highest BCUT2D eigenvalue weighted by Gasteiger charge is 2.45. The fraction of sp³-hybridized carbons (Fsp3) is 0.333. The van der Waals surface area contributed by atoms with Gasteiger partial charge in [-0.1, -0.05) is 55.8 Å². The predicted molar refractivity (Wildman–Crippen MR) is 136 cm³/mol. The SMILES string of the molecule is CC(C)[C@H](CO)NC(=O)N[C@@](Cc1ccccc1)(c1cc(F)cc(OC(F)(F)C(F)F)c1)c1ccc(Cl)cn1. The molecule has 12 heteroatoms. The minimum Gasteiger partial charge on any atom is -0.428 e. The number of nitrogens with one attached hydrogen (secondary N) is 2. The number of halogens is 6. The zero-order valence-corrected chi connectivity index (χ0v) is 21.7. The lowest BCUT2D eigenvalue weighted by Crippen LogP contribution is -2.55. The summed E-state index contributed by atoms with van der Waals surface area (Å²) in [6.07, 6.45) is -7.87. The number of aromatic nitrogens is 1. The molecule has 2 amide bonds. The highest BCUT2D eigenvalue weighted by atomic mass is 35.5. The van der Waals surface area contributed by atoms with Crippen molar-refractivity contribution in [1.29, 1.82) is 0 Å². The fourth-order valence-electron chi connectivity index (χ4n) is 3.94. The number of hydrogen-bond acceptors (Lipinski definition) is 4. The maximum atomic E-state index is 14.8. The van der Waals surface area contributed by atoms with Gasteiger partial charge in [0.2, 0.25) is 0 Å². The Bertz CT molecular complexity index is 1250. The zero-order chi connectivity index (χ0) is 28.8. The van der Waals surface area contributed by atoms with Crippen LogP contribution in [0.1, 0.15) is 30.7 Å². The number of aliphatic hydroxyl groups is 1. The van der Waals surface area contributed by atoms with Crippen molar-refractivity contribution >= 4 is 17.6 Å². The van der Waals surface area contributed by atoms with E-state index in [9.17, 15) is 31.9 Å². The number of amides is 2. The Kier molecular flexibility index (Phi) is 9.73. The van der Waals surface area contributed by atoms with E-state index in [4.69, 9.17) is 11.6 Å². The van der Waals surface area contributed by atoms with Gasteiger partial charge in [0.15, 0.2) is 0 Å². The summed E-state index contributed by atoms with van der Waals surface area (Å²) >= 11 is 6.02. The normalized spacial score (nSPS) is 14.1. The molecule has 0 saturated heterocycles. The molecule has 0 saturated carbocycles. The van der Waals surface area contributed by atoms with Crippen LogP contribution in [0.15, 0.2) is 66.9 Å². The summed E-state index contributed by atoms with van der Waals surface area (Å²) in [7, 11) is 0. The topological polar surface area (TPSA) is 83.5 Å². The van der Waals surface area contributed by atoms with E-state index >= 15 is 0 Å². The van der Waals surface area contributed by atoms with Gasteiger partial charge in [0.05, 0.1) is 23.4 Å². The van der Waals surface area contributed by atoms with Crippen molar-refractivity contribution in [1.82, 2.24) is 15.6 Å². The summed E-state index contributed by atoms with van der Waals surface area (Å²) in [5.41, 5.74) is -1.11. The molecule has 0 aliphatic carbocycles. The average Bonchev–Trinajstić information content (AvgIpc) is 2.87. The number of hydrogen-bond donors (Lipinski definition) is 3. The molecule has 210 valence electrons. The second-order valence-corrected chi connectivity index (χ2v) is 9.64. The molecule has 0 radical (unpaired) electrons. The molecule has 0 unspecified atom stereocenters. The summed E-state index contributed by atoms with van der Waals surface area (Å²) < 4.78 is 72.2. The summed E-state index contributed by atoms with van der Waals surface area (Å²) in [6.45, 7) is 3.17. The number of pyridine rings is 1. The van der Waals surface area contributed by atoms with E-state index in [-0.39, 0.29) is 35.2 Å². The lowest BCUT2D eigenvalue weighted by Gasteiger charge is -2.36. The largest absolute Gasteiger partial charge is 0.461 e. The van der Waals surface area contributed by atoms with Gasteiger partial charge in [-0.2, -0.15) is 17.6 Å². The Hall–Kier alpha value is -3.44. The molecule has 0 bridgehead atoms. The molecule has 2 aromatic carbocycles. The van der Waals surface area contributed by atoms with Crippen LogP contribution in [0.25, 0.3) is 0 Å². The molecule has 0 spiro atoms. The average molecular weight is 572 g/mol. The maximum Gasteiger partial charge on any atom is 0.461 e. The molecule has 1 heterocycles. The van der Waals surface area contributed by atoms with Gasteiger partial charge in [-0.05, 0) is 41.3 Å². The third kappa shape index (κ3) is 7.57. The van der Waals surface area contributed by atoms with Crippen molar-refractivity contribution in [3.63, 3.8) is 0 Å². The summed E-state index contributed by atoms with van der Waals surface area (Å²) in [4.78, 5) is 17.6. The number of alkyl halides is 4. The number of ether oxygens (including phenoxy) is 1. The highest BCUT2D eigenvalue weighted by molar-refractivity contribution is 6.30. The first-order chi connectivity index (χ1) is 18.4. The smallest absolute Gasteiger partial charge is 0.428 e. The van der Waals surface area contributed by atoms with Crippen LogP contribution in [0.4, 0.5) is 26.7 Å². The van der Waals surface area contributed by atoms with Crippen LogP contribution < -0.4 is 15.4 Å². The molecule has 3 aromatic rings. The van der Waals surface area contributed by atoms with Crippen molar-refractivity contribution in [3.05, 3.63) is 94.5 Å². The third-order valence-electron chi connectivity index (χ3n) is 5.99. The maximum absolute atomic E-state index is 14.8. The van der Waals surface area contributed by atoms with Crippen LogP contribution in [0.3, 0.4) is 0 Å². The Morgan fingerprint density at radius 2 is 1.79 bits per heavy atom. The molecule has 39 heavy (non-hydrogen) atoms. The first kappa shape index (κ1) is 30.1. The van der Waals surface area contributed by atoms with E-state index in [1.54, 1.807) is 44.2 Å². The van der Waals surface area contributed by atoms with E-state index in [1.807, 2.05) is 0 Å². The predicted octanol–water partition coefficient (Wildman–Crippen LogP) is 5.91. The third-order valence-corrected chi connectivity index (χ3v) is 6.22. The first-order valence-electron chi connectivity index (χ1n) is 11.9. The van der Waals surface area contributed by atoms with Crippen molar-refractivity contribution < 1.29 is 36.6 Å².